The molecule has 0 fully saturated rings. The second kappa shape index (κ2) is 9.31. The largest absolute Gasteiger partial charge is 0.495 e. The average Bonchev–Trinajstić information content (AvgIpc) is 3.60. The Kier molecular flexibility index (Phi) is 5.82. The minimum Gasteiger partial charge on any atom is -0.495 e. The number of benzene rings is 3. The highest BCUT2D eigenvalue weighted by Gasteiger charge is 2.16. The van der Waals surface area contributed by atoms with Crippen molar-refractivity contribution < 1.29 is 4.74 Å². The minimum atomic E-state index is -0.225. The highest BCUT2D eigenvalue weighted by molar-refractivity contribution is 7.15. The van der Waals surface area contributed by atoms with Gasteiger partial charge in [0.15, 0.2) is 5.82 Å². The van der Waals surface area contributed by atoms with Crippen LogP contribution in [0, 0.1) is 6.92 Å². The summed E-state index contributed by atoms with van der Waals surface area (Å²) >= 11 is 7.71. The fraction of sp³-hybridized carbons (Fsp3) is 0.0714. The molecule has 3 heterocycles. The first kappa shape index (κ1) is 23.1. The SMILES string of the molecule is COc1ccc(-c2nn(-c3ccccc3)cc2C=c2sc3nc(-c4ccc(C)cc4)nn3c2=O)cc1Cl. The number of hydrogen-bond acceptors (Lipinski definition) is 6. The molecule has 37 heavy (non-hydrogen) atoms. The van der Waals surface area contributed by atoms with Gasteiger partial charge in [-0.15, -0.1) is 5.10 Å². The summed E-state index contributed by atoms with van der Waals surface area (Å²) in [4.78, 5) is 18.4. The molecule has 0 aliphatic rings. The highest BCUT2D eigenvalue weighted by atomic mass is 35.5. The molecule has 0 bridgehead atoms. The van der Waals surface area contributed by atoms with Gasteiger partial charge >= 0.3 is 0 Å². The van der Waals surface area contributed by atoms with E-state index in [-0.39, 0.29) is 5.56 Å². The van der Waals surface area contributed by atoms with Gasteiger partial charge in [0.1, 0.15) is 11.4 Å². The van der Waals surface area contributed by atoms with E-state index >= 15 is 0 Å². The summed E-state index contributed by atoms with van der Waals surface area (Å²) in [5.74, 6) is 1.11. The number of halogens is 1. The standard InChI is InChI=1S/C28H20ClN5O2S/c1-17-8-10-18(11-9-17)26-30-28-34(32-26)27(35)24(37-28)15-20-16-33(21-6-4-3-5-7-21)31-25(20)19-12-13-23(36-2)22(29)14-19/h3-16H,1-2H3. The molecule has 0 amide bonds. The van der Waals surface area contributed by atoms with Crippen LogP contribution in [0.2, 0.25) is 5.02 Å². The number of rotatable bonds is 5. The third kappa shape index (κ3) is 4.30. The number of nitrogens with zero attached hydrogens (tertiary/aromatic N) is 5. The van der Waals surface area contributed by atoms with E-state index in [1.807, 2.05) is 85.9 Å². The molecule has 0 radical (unpaired) electrons. The lowest BCUT2D eigenvalue weighted by Gasteiger charge is -2.05. The van der Waals surface area contributed by atoms with Gasteiger partial charge in [-0.1, -0.05) is 71.0 Å². The Bertz CT molecular complexity index is 1860. The monoisotopic (exact) mass is 525 g/mol. The molecule has 3 aromatic heterocycles. The molecule has 0 aliphatic heterocycles. The zero-order valence-electron chi connectivity index (χ0n) is 19.9. The highest BCUT2D eigenvalue weighted by Crippen LogP contribution is 2.32. The number of methoxy groups -OCH3 is 1. The summed E-state index contributed by atoms with van der Waals surface area (Å²) in [5, 5.41) is 9.77. The van der Waals surface area contributed by atoms with Crippen molar-refractivity contribution >= 4 is 34.0 Å². The van der Waals surface area contributed by atoms with Crippen LogP contribution in [0.25, 0.3) is 39.4 Å². The molecule has 0 saturated carbocycles. The van der Waals surface area contributed by atoms with Gasteiger partial charge < -0.3 is 4.74 Å². The quantitative estimate of drug-likeness (QED) is 0.310. The molecule has 0 unspecified atom stereocenters. The minimum absolute atomic E-state index is 0.225. The molecule has 3 aromatic carbocycles. The first-order valence-corrected chi connectivity index (χ1v) is 12.7. The fourth-order valence-corrected chi connectivity index (χ4v) is 5.20. The molecule has 0 N–H and O–H groups in total. The predicted molar refractivity (Wildman–Crippen MR) is 147 cm³/mol. The maximum Gasteiger partial charge on any atom is 0.291 e. The van der Waals surface area contributed by atoms with Crippen LogP contribution in [0.15, 0.2) is 83.8 Å². The van der Waals surface area contributed by atoms with E-state index in [4.69, 9.17) is 21.4 Å². The maximum absolute atomic E-state index is 13.3. The summed E-state index contributed by atoms with van der Waals surface area (Å²) in [6.45, 7) is 2.02. The van der Waals surface area contributed by atoms with Crippen LogP contribution in [0.5, 0.6) is 5.75 Å². The first-order valence-electron chi connectivity index (χ1n) is 11.5. The molecular weight excluding hydrogens is 506 g/mol. The molecule has 6 rings (SSSR count). The van der Waals surface area contributed by atoms with Crippen molar-refractivity contribution in [3.05, 3.63) is 110 Å². The molecule has 182 valence electrons. The van der Waals surface area contributed by atoms with Crippen molar-refractivity contribution in [2.45, 2.75) is 6.92 Å². The van der Waals surface area contributed by atoms with E-state index in [1.165, 1.54) is 15.9 Å². The Morgan fingerprint density at radius 1 is 0.973 bits per heavy atom. The van der Waals surface area contributed by atoms with Crippen molar-refractivity contribution in [1.82, 2.24) is 24.4 Å². The Morgan fingerprint density at radius 2 is 1.73 bits per heavy atom. The summed E-state index contributed by atoms with van der Waals surface area (Å²) in [6, 6.07) is 23.2. The summed E-state index contributed by atoms with van der Waals surface area (Å²) in [6.07, 6.45) is 3.73. The van der Waals surface area contributed by atoms with Gasteiger partial charge in [-0.2, -0.15) is 14.6 Å². The van der Waals surface area contributed by atoms with Gasteiger partial charge in [-0.25, -0.2) is 4.68 Å². The second-order valence-corrected chi connectivity index (χ2v) is 9.89. The van der Waals surface area contributed by atoms with Crippen molar-refractivity contribution in [2.75, 3.05) is 7.11 Å². The number of aromatic nitrogens is 5. The number of thiazole rings is 1. The number of fused-ring (bicyclic) bond motifs is 1. The lowest BCUT2D eigenvalue weighted by molar-refractivity contribution is 0.415. The van der Waals surface area contributed by atoms with Gasteiger partial charge in [0.2, 0.25) is 4.96 Å². The lowest BCUT2D eigenvalue weighted by atomic mass is 10.1. The number of para-hydroxylation sites is 1. The molecule has 0 atom stereocenters. The van der Waals surface area contributed by atoms with Gasteiger partial charge in [0.25, 0.3) is 5.56 Å². The number of aryl methyl sites for hydroxylation is 1. The zero-order valence-corrected chi connectivity index (χ0v) is 21.5. The first-order chi connectivity index (χ1) is 18.0. The van der Waals surface area contributed by atoms with Crippen molar-refractivity contribution in [3.8, 4) is 34.1 Å². The van der Waals surface area contributed by atoms with Crippen LogP contribution in [0.1, 0.15) is 11.1 Å². The normalized spacial score (nSPS) is 11.9. The Labute approximate surface area is 220 Å². The molecule has 9 heteroatoms. The average molecular weight is 526 g/mol. The van der Waals surface area contributed by atoms with Crippen molar-refractivity contribution in [3.63, 3.8) is 0 Å². The number of hydrogen-bond donors (Lipinski definition) is 0. The van der Waals surface area contributed by atoms with Crippen molar-refractivity contribution in [1.29, 1.82) is 0 Å². The van der Waals surface area contributed by atoms with Crippen LogP contribution in [-0.4, -0.2) is 31.5 Å². The molecule has 7 nitrogen and oxygen atoms in total. The topological polar surface area (TPSA) is 74.3 Å². The van der Waals surface area contributed by atoms with Gasteiger partial charge in [0, 0.05) is 22.9 Å². The Hall–Kier alpha value is -4.27. The van der Waals surface area contributed by atoms with Crippen LogP contribution < -0.4 is 14.8 Å². The molecule has 0 aliphatic carbocycles. The lowest BCUT2D eigenvalue weighted by Crippen LogP contribution is -2.23. The van der Waals surface area contributed by atoms with E-state index in [9.17, 15) is 4.79 Å². The van der Waals surface area contributed by atoms with Gasteiger partial charge in [0.05, 0.1) is 22.4 Å². The summed E-state index contributed by atoms with van der Waals surface area (Å²) in [7, 11) is 1.57. The van der Waals surface area contributed by atoms with Crippen LogP contribution in [-0.2, 0) is 0 Å². The van der Waals surface area contributed by atoms with E-state index in [0.717, 1.165) is 27.9 Å². The van der Waals surface area contributed by atoms with Crippen LogP contribution in [0.3, 0.4) is 0 Å². The van der Waals surface area contributed by atoms with Gasteiger partial charge in [-0.05, 0) is 43.3 Å². The van der Waals surface area contributed by atoms with E-state index in [0.29, 0.717) is 31.8 Å². The van der Waals surface area contributed by atoms with E-state index < -0.39 is 0 Å². The Balaban J connectivity index is 1.48. The van der Waals surface area contributed by atoms with Crippen LogP contribution >= 0.6 is 22.9 Å². The Morgan fingerprint density at radius 3 is 2.43 bits per heavy atom. The summed E-state index contributed by atoms with van der Waals surface area (Å²) in [5.41, 5.74) is 4.95. The zero-order chi connectivity index (χ0) is 25.5. The number of ether oxygens (including phenoxy) is 1. The molecule has 6 aromatic rings. The maximum atomic E-state index is 13.3. The smallest absolute Gasteiger partial charge is 0.291 e. The predicted octanol–water partition coefficient (Wildman–Crippen LogP) is 5.19. The van der Waals surface area contributed by atoms with Crippen LogP contribution in [0.4, 0.5) is 0 Å². The summed E-state index contributed by atoms with van der Waals surface area (Å²) < 4.78 is 8.96. The van der Waals surface area contributed by atoms with E-state index in [2.05, 4.69) is 10.1 Å². The molecule has 0 saturated heterocycles. The molecular formula is C28H20ClN5O2S. The van der Waals surface area contributed by atoms with E-state index in [1.54, 1.807) is 17.9 Å². The second-order valence-electron chi connectivity index (χ2n) is 8.47. The van der Waals surface area contributed by atoms with Gasteiger partial charge in [-0.3, -0.25) is 4.79 Å². The third-order valence-corrected chi connectivity index (χ3v) is 7.22. The third-order valence-electron chi connectivity index (χ3n) is 5.97. The fourth-order valence-electron chi connectivity index (χ4n) is 4.04. The van der Waals surface area contributed by atoms with Crippen molar-refractivity contribution in [2.24, 2.45) is 0 Å². The molecule has 0 spiro atoms.